The Morgan fingerprint density at radius 1 is 1.03 bits per heavy atom. The minimum atomic E-state index is -3.82. The Balaban J connectivity index is 1.87. The van der Waals surface area contributed by atoms with Gasteiger partial charge in [0.25, 0.3) is 5.91 Å². The highest BCUT2D eigenvalue weighted by Gasteiger charge is 2.28. The number of nitrogens with one attached hydrogen (secondary N) is 1. The number of carbonyl (C=O) groups excluding carboxylic acids is 2. The number of aryl methyl sites for hydroxylation is 1. The van der Waals surface area contributed by atoms with Gasteiger partial charge in [0.2, 0.25) is 10.0 Å². The summed E-state index contributed by atoms with van der Waals surface area (Å²) in [6.45, 7) is 4.63. The van der Waals surface area contributed by atoms with Gasteiger partial charge in [-0.1, -0.05) is 30.5 Å². The third kappa shape index (κ3) is 5.49. The molecule has 3 rings (SSSR count). The third-order valence-corrected chi connectivity index (χ3v) is 7.75. The van der Waals surface area contributed by atoms with E-state index in [0.717, 1.165) is 31.2 Å². The summed E-state index contributed by atoms with van der Waals surface area (Å²) >= 11 is 6.23. The Morgan fingerprint density at radius 3 is 2.34 bits per heavy atom. The second-order valence-electron chi connectivity index (χ2n) is 7.67. The Bertz CT molecular complexity index is 1110. The van der Waals surface area contributed by atoms with Crippen molar-refractivity contribution in [1.29, 1.82) is 0 Å². The highest BCUT2D eigenvalue weighted by atomic mass is 35.5. The lowest BCUT2D eigenvalue weighted by molar-refractivity contribution is 0.0526. The van der Waals surface area contributed by atoms with Crippen molar-refractivity contribution in [3.63, 3.8) is 0 Å². The first kappa shape index (κ1) is 24.2. The minimum Gasteiger partial charge on any atom is -0.462 e. The van der Waals surface area contributed by atoms with Crippen LogP contribution < -0.4 is 5.32 Å². The largest absolute Gasteiger partial charge is 0.462 e. The van der Waals surface area contributed by atoms with E-state index in [4.69, 9.17) is 16.3 Å². The normalized spacial score (nSPS) is 15.1. The molecule has 0 bridgehead atoms. The van der Waals surface area contributed by atoms with Crippen LogP contribution in [0.4, 0.5) is 5.69 Å². The molecule has 9 heteroatoms. The lowest BCUT2D eigenvalue weighted by Crippen LogP contribution is -2.32. The zero-order valence-electron chi connectivity index (χ0n) is 18.2. The fraction of sp³-hybridized carbons (Fsp3) is 0.391. The summed E-state index contributed by atoms with van der Waals surface area (Å²) in [5, 5.41) is 2.83. The van der Waals surface area contributed by atoms with Crippen molar-refractivity contribution in [3.05, 3.63) is 58.1 Å². The molecule has 1 N–H and O–H groups in total. The third-order valence-electron chi connectivity index (χ3n) is 5.37. The van der Waals surface area contributed by atoms with Crippen LogP contribution in [0.25, 0.3) is 0 Å². The molecule has 0 radical (unpaired) electrons. The van der Waals surface area contributed by atoms with E-state index in [2.05, 4.69) is 5.32 Å². The van der Waals surface area contributed by atoms with Gasteiger partial charge in [-0.2, -0.15) is 4.31 Å². The molecule has 0 spiro atoms. The first-order valence-electron chi connectivity index (χ1n) is 10.6. The monoisotopic (exact) mass is 478 g/mol. The Kier molecular flexibility index (Phi) is 7.92. The average molecular weight is 479 g/mol. The Hall–Kier alpha value is -2.42. The topological polar surface area (TPSA) is 92.8 Å². The summed E-state index contributed by atoms with van der Waals surface area (Å²) in [6.07, 6.45) is 3.58. The predicted molar refractivity (Wildman–Crippen MR) is 124 cm³/mol. The van der Waals surface area contributed by atoms with Crippen LogP contribution in [0.15, 0.2) is 41.3 Å². The van der Waals surface area contributed by atoms with Crippen molar-refractivity contribution >= 4 is 39.2 Å². The molecule has 0 saturated carbocycles. The first-order valence-corrected chi connectivity index (χ1v) is 12.4. The minimum absolute atomic E-state index is 0.0753. The van der Waals surface area contributed by atoms with Gasteiger partial charge in [0.15, 0.2) is 0 Å². The maximum atomic E-state index is 13.2. The van der Waals surface area contributed by atoms with E-state index < -0.39 is 21.9 Å². The molecule has 1 aliphatic heterocycles. The van der Waals surface area contributed by atoms with E-state index in [1.807, 2.05) is 0 Å². The lowest BCUT2D eigenvalue weighted by atomic mass is 10.1. The fourth-order valence-corrected chi connectivity index (χ4v) is 5.57. The van der Waals surface area contributed by atoms with Crippen LogP contribution in [0.5, 0.6) is 0 Å². The molecule has 2 aromatic rings. The smallest absolute Gasteiger partial charge is 0.338 e. The van der Waals surface area contributed by atoms with Gasteiger partial charge in [-0.3, -0.25) is 4.79 Å². The van der Waals surface area contributed by atoms with Gasteiger partial charge in [0.1, 0.15) is 4.90 Å². The van der Waals surface area contributed by atoms with Crippen molar-refractivity contribution in [2.75, 3.05) is 25.0 Å². The van der Waals surface area contributed by atoms with Crippen LogP contribution in [-0.2, 0) is 14.8 Å². The summed E-state index contributed by atoms with van der Waals surface area (Å²) in [7, 11) is -3.82. The van der Waals surface area contributed by atoms with Crippen LogP contribution in [0.2, 0.25) is 5.02 Å². The maximum Gasteiger partial charge on any atom is 0.338 e. The number of carbonyl (C=O) groups is 2. The van der Waals surface area contributed by atoms with Crippen molar-refractivity contribution in [1.82, 2.24) is 4.31 Å². The number of amides is 1. The highest BCUT2D eigenvalue weighted by Crippen LogP contribution is 2.28. The van der Waals surface area contributed by atoms with Crippen LogP contribution in [0, 0.1) is 6.92 Å². The standard InChI is InChI=1S/C23H27ClN2O5S/c1-3-31-23(28)18-9-8-16(2)20(14-18)25-22(27)17-10-11-19(24)21(15-17)32(29,30)26-12-6-4-5-7-13-26/h8-11,14-15H,3-7,12-13H2,1-2H3,(H,25,27). The van der Waals surface area contributed by atoms with Gasteiger partial charge < -0.3 is 10.1 Å². The number of halogens is 1. The van der Waals surface area contributed by atoms with Crippen molar-refractivity contribution in [2.45, 2.75) is 44.4 Å². The maximum absolute atomic E-state index is 13.2. The molecular formula is C23H27ClN2O5S. The van der Waals surface area contributed by atoms with Crippen LogP contribution in [0.1, 0.15) is 58.9 Å². The van der Waals surface area contributed by atoms with Gasteiger partial charge in [0.05, 0.1) is 17.2 Å². The molecule has 1 amide bonds. The van der Waals surface area contributed by atoms with E-state index in [9.17, 15) is 18.0 Å². The van der Waals surface area contributed by atoms with Crippen LogP contribution >= 0.6 is 11.6 Å². The molecule has 32 heavy (non-hydrogen) atoms. The Morgan fingerprint density at radius 2 is 1.69 bits per heavy atom. The molecule has 1 aliphatic rings. The van der Waals surface area contributed by atoms with E-state index in [-0.39, 0.29) is 22.1 Å². The zero-order valence-corrected chi connectivity index (χ0v) is 19.8. The van der Waals surface area contributed by atoms with Gasteiger partial charge in [-0.25, -0.2) is 13.2 Å². The van der Waals surface area contributed by atoms with Gasteiger partial charge >= 0.3 is 5.97 Å². The molecule has 0 aliphatic carbocycles. The highest BCUT2D eigenvalue weighted by molar-refractivity contribution is 7.89. The van der Waals surface area contributed by atoms with E-state index in [0.29, 0.717) is 24.3 Å². The fourth-order valence-electron chi connectivity index (χ4n) is 3.56. The number of anilines is 1. The molecule has 0 unspecified atom stereocenters. The molecule has 1 fully saturated rings. The molecule has 0 atom stereocenters. The number of rotatable bonds is 6. The second kappa shape index (κ2) is 10.5. The number of ether oxygens (including phenoxy) is 1. The van der Waals surface area contributed by atoms with E-state index >= 15 is 0 Å². The van der Waals surface area contributed by atoms with Crippen molar-refractivity contribution < 1.29 is 22.7 Å². The number of benzene rings is 2. The summed E-state index contributed by atoms with van der Waals surface area (Å²) in [6, 6.07) is 9.07. The number of hydrogen-bond acceptors (Lipinski definition) is 5. The number of esters is 1. The molecule has 1 heterocycles. The second-order valence-corrected chi connectivity index (χ2v) is 9.98. The zero-order chi connectivity index (χ0) is 23.3. The molecule has 2 aromatic carbocycles. The molecular weight excluding hydrogens is 452 g/mol. The number of sulfonamides is 1. The van der Waals surface area contributed by atoms with E-state index in [1.165, 1.54) is 28.6 Å². The van der Waals surface area contributed by atoms with Crippen molar-refractivity contribution in [3.8, 4) is 0 Å². The Labute approximate surface area is 193 Å². The average Bonchev–Trinajstić information content (AvgIpc) is 3.06. The SMILES string of the molecule is CCOC(=O)c1ccc(C)c(NC(=O)c2ccc(Cl)c(S(=O)(=O)N3CCCCCC3)c2)c1. The first-order chi connectivity index (χ1) is 15.2. The van der Waals surface area contributed by atoms with E-state index in [1.54, 1.807) is 26.0 Å². The van der Waals surface area contributed by atoms with Crippen LogP contribution in [-0.4, -0.2) is 44.3 Å². The molecule has 1 saturated heterocycles. The predicted octanol–water partition coefficient (Wildman–Crippen LogP) is 4.64. The quantitative estimate of drug-likeness (QED) is 0.610. The summed E-state index contributed by atoms with van der Waals surface area (Å²) in [5.74, 6) is -0.988. The number of hydrogen-bond donors (Lipinski definition) is 1. The summed E-state index contributed by atoms with van der Waals surface area (Å²) in [4.78, 5) is 24.8. The molecule has 172 valence electrons. The molecule has 7 nitrogen and oxygen atoms in total. The lowest BCUT2D eigenvalue weighted by Gasteiger charge is -2.21. The van der Waals surface area contributed by atoms with Gasteiger partial charge in [-0.05, 0) is 62.6 Å². The summed E-state index contributed by atoms with van der Waals surface area (Å²) in [5.41, 5.74) is 1.65. The van der Waals surface area contributed by atoms with Gasteiger partial charge in [0, 0.05) is 24.3 Å². The number of nitrogens with zero attached hydrogens (tertiary/aromatic N) is 1. The van der Waals surface area contributed by atoms with Crippen molar-refractivity contribution in [2.24, 2.45) is 0 Å². The van der Waals surface area contributed by atoms with Crippen LogP contribution in [0.3, 0.4) is 0 Å². The summed E-state index contributed by atoms with van der Waals surface area (Å²) < 4.78 is 32.8. The van der Waals surface area contributed by atoms with Gasteiger partial charge in [-0.15, -0.1) is 0 Å². The molecule has 0 aromatic heterocycles.